The molecule has 0 aliphatic carbocycles. The molecule has 1 unspecified atom stereocenters. The standard InChI is InChI=1S/C21H39F3N2O3S/c1-3-4-5-6-7-8-9-10-11-12-13-14-15-16-17-26-19-18-25(2)20(26)29-30(27,28)21(22,23)24/h18-20H,3-17H2,1-2H3. The largest absolute Gasteiger partial charge is 0.523 e. The molecule has 1 aliphatic heterocycles. The van der Waals surface area contributed by atoms with Crippen molar-refractivity contribution in [1.29, 1.82) is 0 Å². The smallest absolute Gasteiger partial charge is 0.336 e. The van der Waals surface area contributed by atoms with Crippen molar-refractivity contribution in [3.05, 3.63) is 12.4 Å². The fourth-order valence-electron chi connectivity index (χ4n) is 3.54. The van der Waals surface area contributed by atoms with Crippen molar-refractivity contribution in [3.8, 4) is 0 Å². The molecule has 1 aliphatic rings. The van der Waals surface area contributed by atoms with Gasteiger partial charge in [-0.25, -0.2) is 4.18 Å². The van der Waals surface area contributed by atoms with Crippen LogP contribution in [-0.4, -0.2) is 43.7 Å². The first-order valence-electron chi connectivity index (χ1n) is 11.3. The van der Waals surface area contributed by atoms with Gasteiger partial charge >= 0.3 is 15.6 Å². The molecule has 0 fully saturated rings. The molecule has 0 aromatic rings. The van der Waals surface area contributed by atoms with E-state index in [9.17, 15) is 21.6 Å². The Morgan fingerprint density at radius 2 is 1.23 bits per heavy atom. The third kappa shape index (κ3) is 10.4. The summed E-state index contributed by atoms with van der Waals surface area (Å²) >= 11 is 0. The Morgan fingerprint density at radius 3 is 1.67 bits per heavy atom. The summed E-state index contributed by atoms with van der Waals surface area (Å²) in [5.74, 6) is 0. The van der Waals surface area contributed by atoms with Crippen molar-refractivity contribution >= 4 is 10.1 Å². The maximum Gasteiger partial charge on any atom is 0.523 e. The zero-order valence-electron chi connectivity index (χ0n) is 18.5. The maximum atomic E-state index is 12.6. The lowest BCUT2D eigenvalue weighted by molar-refractivity contribution is -0.0769. The van der Waals surface area contributed by atoms with Crippen LogP contribution in [0.2, 0.25) is 0 Å². The molecule has 0 saturated carbocycles. The third-order valence-corrected chi connectivity index (χ3v) is 6.38. The Hall–Kier alpha value is -0.960. The van der Waals surface area contributed by atoms with Crippen LogP contribution in [0.4, 0.5) is 13.2 Å². The zero-order chi connectivity index (χ0) is 22.5. The van der Waals surface area contributed by atoms with Crippen LogP contribution in [0.25, 0.3) is 0 Å². The van der Waals surface area contributed by atoms with Gasteiger partial charge in [-0.1, -0.05) is 90.4 Å². The van der Waals surface area contributed by atoms with Crippen LogP contribution in [0.3, 0.4) is 0 Å². The van der Waals surface area contributed by atoms with Crippen LogP contribution in [0, 0.1) is 0 Å². The average molecular weight is 457 g/mol. The first kappa shape index (κ1) is 27.1. The second-order valence-corrected chi connectivity index (χ2v) is 9.68. The molecule has 0 bridgehead atoms. The fraction of sp³-hybridized carbons (Fsp3) is 0.905. The molecule has 5 nitrogen and oxygen atoms in total. The Morgan fingerprint density at radius 1 is 0.800 bits per heavy atom. The average Bonchev–Trinajstić information content (AvgIpc) is 3.00. The van der Waals surface area contributed by atoms with E-state index >= 15 is 0 Å². The summed E-state index contributed by atoms with van der Waals surface area (Å²) in [5.41, 5.74) is -5.42. The molecule has 0 saturated heterocycles. The lowest BCUT2D eigenvalue weighted by atomic mass is 10.0. The molecule has 1 heterocycles. The van der Waals surface area contributed by atoms with E-state index in [1.54, 1.807) is 6.20 Å². The molecule has 1 atom stereocenters. The lowest BCUT2D eigenvalue weighted by Crippen LogP contribution is -2.43. The number of hydrogen-bond donors (Lipinski definition) is 0. The number of alkyl halides is 3. The quantitative estimate of drug-likeness (QED) is 0.145. The van der Waals surface area contributed by atoms with E-state index in [1.165, 1.54) is 87.3 Å². The van der Waals surface area contributed by atoms with Gasteiger partial charge in [-0.15, -0.1) is 0 Å². The van der Waals surface area contributed by atoms with Gasteiger partial charge in [0, 0.05) is 26.0 Å². The van der Waals surface area contributed by atoms with Crippen molar-refractivity contribution in [3.63, 3.8) is 0 Å². The van der Waals surface area contributed by atoms with Gasteiger partial charge in [0.15, 0.2) is 0 Å². The number of unbranched alkanes of at least 4 members (excludes halogenated alkanes) is 13. The summed E-state index contributed by atoms with van der Waals surface area (Å²) in [5, 5.41) is 0. The zero-order valence-corrected chi connectivity index (χ0v) is 19.3. The van der Waals surface area contributed by atoms with Gasteiger partial charge in [0.25, 0.3) is 0 Å². The number of halogens is 3. The molecule has 0 N–H and O–H groups in total. The topological polar surface area (TPSA) is 49.9 Å². The van der Waals surface area contributed by atoms with Crippen LogP contribution in [0.1, 0.15) is 96.8 Å². The maximum absolute atomic E-state index is 12.6. The summed E-state index contributed by atoms with van der Waals surface area (Å²) in [6.07, 6.45) is 19.0. The molecule has 0 aromatic carbocycles. The summed E-state index contributed by atoms with van der Waals surface area (Å²) in [6.45, 7) is 2.69. The first-order valence-corrected chi connectivity index (χ1v) is 12.8. The minimum Gasteiger partial charge on any atom is -0.336 e. The highest BCUT2D eigenvalue weighted by molar-refractivity contribution is 7.87. The fourth-order valence-corrected chi connectivity index (χ4v) is 4.12. The summed E-state index contributed by atoms with van der Waals surface area (Å²) < 4.78 is 64.6. The molecule has 0 spiro atoms. The molecule has 0 radical (unpaired) electrons. The third-order valence-electron chi connectivity index (χ3n) is 5.39. The summed E-state index contributed by atoms with van der Waals surface area (Å²) in [7, 11) is -4.14. The molecular formula is C21H39F3N2O3S. The van der Waals surface area contributed by atoms with E-state index < -0.39 is 22.0 Å². The van der Waals surface area contributed by atoms with E-state index in [2.05, 4.69) is 11.1 Å². The molecule has 9 heteroatoms. The Bertz CT molecular complexity index is 583. The predicted molar refractivity (Wildman–Crippen MR) is 114 cm³/mol. The molecule has 178 valence electrons. The van der Waals surface area contributed by atoms with Gasteiger partial charge < -0.3 is 9.80 Å². The van der Waals surface area contributed by atoms with Crippen LogP contribution >= 0.6 is 0 Å². The second-order valence-electron chi connectivity index (χ2n) is 8.12. The summed E-state index contributed by atoms with van der Waals surface area (Å²) in [4.78, 5) is 2.80. The van der Waals surface area contributed by atoms with Crippen molar-refractivity contribution < 1.29 is 25.8 Å². The normalized spacial score (nSPS) is 17.3. The first-order chi connectivity index (χ1) is 14.2. The van der Waals surface area contributed by atoms with Gasteiger partial charge in [0.05, 0.1) is 0 Å². The monoisotopic (exact) mass is 456 g/mol. The Balaban J connectivity index is 2.07. The van der Waals surface area contributed by atoms with E-state index in [0.29, 0.717) is 6.54 Å². The Labute approximate surface area is 180 Å². The second kappa shape index (κ2) is 14.2. The predicted octanol–water partition coefficient (Wildman–Crippen LogP) is 6.34. The van der Waals surface area contributed by atoms with Crippen LogP contribution in [0.5, 0.6) is 0 Å². The minimum absolute atomic E-state index is 0.455. The number of rotatable bonds is 17. The van der Waals surface area contributed by atoms with Gasteiger partial charge in [-0.3, -0.25) is 0 Å². The highest BCUT2D eigenvalue weighted by Gasteiger charge is 2.50. The number of hydrogen-bond acceptors (Lipinski definition) is 5. The van der Waals surface area contributed by atoms with E-state index in [4.69, 9.17) is 0 Å². The summed E-state index contributed by atoms with van der Waals surface area (Å²) in [6, 6.07) is 0. The Kier molecular flexibility index (Phi) is 12.8. The molecule has 30 heavy (non-hydrogen) atoms. The van der Waals surface area contributed by atoms with Crippen molar-refractivity contribution in [2.24, 2.45) is 0 Å². The lowest BCUT2D eigenvalue weighted by Gasteiger charge is -2.29. The van der Waals surface area contributed by atoms with E-state index in [1.807, 2.05) is 0 Å². The van der Waals surface area contributed by atoms with Crippen LogP contribution in [0.15, 0.2) is 12.4 Å². The van der Waals surface area contributed by atoms with Crippen LogP contribution < -0.4 is 0 Å². The minimum atomic E-state index is -5.63. The van der Waals surface area contributed by atoms with Crippen molar-refractivity contribution in [1.82, 2.24) is 9.80 Å². The SMILES string of the molecule is CCCCCCCCCCCCCCCCN1C=CN(C)C1OS(=O)(=O)C(F)(F)F. The van der Waals surface area contributed by atoms with Gasteiger partial charge in [-0.05, 0) is 6.42 Å². The van der Waals surface area contributed by atoms with Gasteiger partial charge in [0.2, 0.25) is 6.35 Å². The molecule has 0 aromatic heterocycles. The van der Waals surface area contributed by atoms with Crippen LogP contribution in [-0.2, 0) is 14.3 Å². The van der Waals surface area contributed by atoms with Crippen molar-refractivity contribution in [2.75, 3.05) is 13.6 Å². The number of nitrogens with zero attached hydrogens (tertiary/aromatic N) is 2. The molecular weight excluding hydrogens is 417 g/mol. The van der Waals surface area contributed by atoms with Crippen molar-refractivity contribution in [2.45, 2.75) is 109 Å². The highest BCUT2D eigenvalue weighted by atomic mass is 32.2. The van der Waals surface area contributed by atoms with E-state index in [0.717, 1.165) is 25.7 Å². The van der Waals surface area contributed by atoms with Gasteiger partial charge in [-0.2, -0.15) is 21.6 Å². The molecule has 1 rings (SSSR count). The van der Waals surface area contributed by atoms with E-state index in [-0.39, 0.29) is 0 Å². The highest BCUT2D eigenvalue weighted by Crippen LogP contribution is 2.28. The van der Waals surface area contributed by atoms with Gasteiger partial charge in [0.1, 0.15) is 0 Å². The molecule has 0 amide bonds.